The predicted molar refractivity (Wildman–Crippen MR) is 76.7 cm³/mol. The van der Waals surface area contributed by atoms with Crippen molar-refractivity contribution < 1.29 is 18.3 Å². The van der Waals surface area contributed by atoms with Crippen LogP contribution < -0.4 is 15.4 Å². The van der Waals surface area contributed by atoms with E-state index in [-0.39, 0.29) is 18.3 Å². The van der Waals surface area contributed by atoms with E-state index in [0.29, 0.717) is 11.5 Å². The fourth-order valence-electron chi connectivity index (χ4n) is 1.69. The van der Waals surface area contributed by atoms with Crippen molar-refractivity contribution >= 4 is 11.7 Å². The molecular weight excluding hydrogens is 275 g/mol. The summed E-state index contributed by atoms with van der Waals surface area (Å²) in [7, 11) is 0. The van der Waals surface area contributed by atoms with E-state index in [0.717, 1.165) is 0 Å². The Morgan fingerprint density at radius 3 is 2.81 bits per heavy atom. The molecule has 0 unspecified atom stereocenters. The fraction of sp³-hybridized carbons (Fsp3) is 0.267. The highest BCUT2D eigenvalue weighted by atomic mass is 19.1. The van der Waals surface area contributed by atoms with Gasteiger partial charge in [0.2, 0.25) is 0 Å². The summed E-state index contributed by atoms with van der Waals surface area (Å²) in [5, 5.41) is 5.00. The summed E-state index contributed by atoms with van der Waals surface area (Å²) < 4.78 is 24.3. The second kappa shape index (κ2) is 6.78. The number of carbonyl (C=O) groups excluding carboxylic acids is 1. The van der Waals surface area contributed by atoms with Gasteiger partial charge in [-0.2, -0.15) is 0 Å². The molecule has 0 aliphatic carbocycles. The summed E-state index contributed by atoms with van der Waals surface area (Å²) in [5.74, 6) is 0.483. The number of rotatable bonds is 5. The molecule has 2 aromatic rings. The highest BCUT2D eigenvalue weighted by molar-refractivity contribution is 5.89. The minimum Gasteiger partial charge on any atom is -0.491 e. The molecule has 1 heterocycles. The van der Waals surface area contributed by atoms with Crippen LogP contribution >= 0.6 is 0 Å². The van der Waals surface area contributed by atoms with E-state index < -0.39 is 11.8 Å². The van der Waals surface area contributed by atoms with Crippen molar-refractivity contribution in [1.82, 2.24) is 5.32 Å². The summed E-state index contributed by atoms with van der Waals surface area (Å²) in [6, 6.07) is 7.25. The Bertz CT molecular complexity index is 597. The number of nitrogens with one attached hydrogen (secondary N) is 2. The molecule has 0 aliphatic heterocycles. The van der Waals surface area contributed by atoms with Crippen molar-refractivity contribution in [3.8, 4) is 5.75 Å². The third-order valence-corrected chi connectivity index (χ3v) is 2.56. The Hall–Kier alpha value is -2.50. The lowest BCUT2D eigenvalue weighted by Crippen LogP contribution is -2.28. The summed E-state index contributed by atoms with van der Waals surface area (Å²) in [6.07, 6.45) is 1.47. The zero-order valence-electron chi connectivity index (χ0n) is 11.9. The molecule has 0 radical (unpaired) electrons. The first-order valence-electron chi connectivity index (χ1n) is 6.58. The van der Waals surface area contributed by atoms with Crippen LogP contribution in [0.4, 0.5) is 14.9 Å². The van der Waals surface area contributed by atoms with Gasteiger partial charge in [-0.1, -0.05) is 0 Å². The van der Waals surface area contributed by atoms with Gasteiger partial charge in [-0.05, 0) is 38.1 Å². The maximum absolute atomic E-state index is 13.8. The lowest BCUT2D eigenvalue weighted by atomic mass is 10.3. The molecule has 0 saturated carbocycles. The third-order valence-electron chi connectivity index (χ3n) is 2.56. The summed E-state index contributed by atoms with van der Waals surface area (Å²) in [6.45, 7) is 3.94. The lowest BCUT2D eigenvalue weighted by molar-refractivity contribution is 0.241. The molecule has 0 spiro atoms. The van der Waals surface area contributed by atoms with Crippen molar-refractivity contribution in [2.75, 3.05) is 5.32 Å². The van der Waals surface area contributed by atoms with Crippen molar-refractivity contribution in [2.45, 2.75) is 26.5 Å². The number of amides is 2. The standard InChI is InChI=1S/C15H17FN2O3/c1-10(2)21-11-5-6-14(13(16)8-11)18-15(19)17-9-12-4-3-7-20-12/h3-8,10H,9H2,1-2H3,(H2,17,18,19). The monoisotopic (exact) mass is 292 g/mol. The van der Waals surface area contributed by atoms with Gasteiger partial charge in [0.25, 0.3) is 0 Å². The molecule has 0 bridgehead atoms. The number of hydrogen-bond acceptors (Lipinski definition) is 3. The number of anilines is 1. The van der Waals surface area contributed by atoms with Crippen LogP contribution in [0.15, 0.2) is 41.0 Å². The first-order chi connectivity index (χ1) is 10.0. The van der Waals surface area contributed by atoms with E-state index in [1.54, 1.807) is 18.2 Å². The van der Waals surface area contributed by atoms with Crippen molar-refractivity contribution in [3.05, 3.63) is 48.2 Å². The normalized spacial score (nSPS) is 10.5. The van der Waals surface area contributed by atoms with Crippen LogP contribution in [0, 0.1) is 5.82 Å². The average molecular weight is 292 g/mol. The fourth-order valence-corrected chi connectivity index (χ4v) is 1.69. The van der Waals surface area contributed by atoms with Crippen molar-refractivity contribution in [3.63, 3.8) is 0 Å². The van der Waals surface area contributed by atoms with Crippen molar-refractivity contribution in [1.29, 1.82) is 0 Å². The van der Waals surface area contributed by atoms with E-state index >= 15 is 0 Å². The summed E-state index contributed by atoms with van der Waals surface area (Å²) >= 11 is 0. The highest BCUT2D eigenvalue weighted by Gasteiger charge is 2.09. The first-order valence-corrected chi connectivity index (χ1v) is 6.58. The second-order valence-corrected chi connectivity index (χ2v) is 4.70. The van der Waals surface area contributed by atoms with Crippen LogP contribution in [0.25, 0.3) is 0 Å². The van der Waals surface area contributed by atoms with Gasteiger partial charge in [0.15, 0.2) is 0 Å². The van der Waals surface area contributed by atoms with E-state index in [9.17, 15) is 9.18 Å². The topological polar surface area (TPSA) is 63.5 Å². The van der Waals surface area contributed by atoms with E-state index in [2.05, 4.69) is 10.6 Å². The minimum atomic E-state index is -0.554. The van der Waals surface area contributed by atoms with Gasteiger partial charge in [-0.15, -0.1) is 0 Å². The maximum Gasteiger partial charge on any atom is 0.319 e. The van der Waals surface area contributed by atoms with Crippen LogP contribution in [-0.4, -0.2) is 12.1 Å². The molecule has 2 amide bonds. The second-order valence-electron chi connectivity index (χ2n) is 4.70. The molecule has 5 nitrogen and oxygen atoms in total. The number of furan rings is 1. The maximum atomic E-state index is 13.8. The zero-order chi connectivity index (χ0) is 15.2. The molecular formula is C15H17FN2O3. The van der Waals surface area contributed by atoms with Crippen LogP contribution in [0.1, 0.15) is 19.6 Å². The molecule has 0 saturated heterocycles. The summed E-state index contributed by atoms with van der Waals surface area (Å²) in [4.78, 5) is 11.7. The van der Waals surface area contributed by atoms with Gasteiger partial charge in [0.1, 0.15) is 17.3 Å². The van der Waals surface area contributed by atoms with E-state index in [1.165, 1.54) is 18.4 Å². The number of carbonyl (C=O) groups is 1. The Labute approximate surface area is 122 Å². The van der Waals surface area contributed by atoms with Gasteiger partial charge in [-0.3, -0.25) is 0 Å². The zero-order valence-corrected chi connectivity index (χ0v) is 11.9. The predicted octanol–water partition coefficient (Wildman–Crippen LogP) is 3.53. The third kappa shape index (κ3) is 4.52. The largest absolute Gasteiger partial charge is 0.491 e. The average Bonchev–Trinajstić information content (AvgIpc) is 2.92. The number of ether oxygens (including phenoxy) is 1. The smallest absolute Gasteiger partial charge is 0.319 e. The molecule has 21 heavy (non-hydrogen) atoms. The number of hydrogen-bond donors (Lipinski definition) is 2. The quantitative estimate of drug-likeness (QED) is 0.886. The molecule has 112 valence electrons. The lowest BCUT2D eigenvalue weighted by Gasteiger charge is -2.12. The van der Waals surface area contributed by atoms with Crippen LogP contribution in [0.5, 0.6) is 5.75 Å². The molecule has 0 fully saturated rings. The Balaban J connectivity index is 1.91. The van der Waals surface area contributed by atoms with Crippen LogP contribution in [-0.2, 0) is 6.54 Å². The first kappa shape index (κ1) is 14.9. The molecule has 0 atom stereocenters. The minimum absolute atomic E-state index is 0.0418. The van der Waals surface area contributed by atoms with Gasteiger partial charge < -0.3 is 19.8 Å². The van der Waals surface area contributed by atoms with Crippen molar-refractivity contribution in [2.24, 2.45) is 0 Å². The highest BCUT2D eigenvalue weighted by Crippen LogP contribution is 2.21. The SMILES string of the molecule is CC(C)Oc1ccc(NC(=O)NCc2ccco2)c(F)c1. The Kier molecular flexibility index (Phi) is 4.81. The molecule has 0 aliphatic rings. The van der Waals surface area contributed by atoms with E-state index in [1.807, 2.05) is 13.8 Å². The van der Waals surface area contributed by atoms with Gasteiger partial charge in [0, 0.05) is 6.07 Å². The Morgan fingerprint density at radius 1 is 1.38 bits per heavy atom. The molecule has 1 aromatic heterocycles. The number of benzene rings is 1. The molecule has 1 aromatic carbocycles. The number of halogens is 1. The Morgan fingerprint density at radius 2 is 2.19 bits per heavy atom. The van der Waals surface area contributed by atoms with Gasteiger partial charge in [0.05, 0.1) is 24.6 Å². The van der Waals surface area contributed by atoms with Crippen LogP contribution in [0.2, 0.25) is 0 Å². The van der Waals surface area contributed by atoms with Gasteiger partial charge >= 0.3 is 6.03 Å². The van der Waals surface area contributed by atoms with Crippen LogP contribution in [0.3, 0.4) is 0 Å². The van der Waals surface area contributed by atoms with Gasteiger partial charge in [-0.25, -0.2) is 9.18 Å². The molecule has 2 rings (SSSR count). The number of urea groups is 1. The molecule has 6 heteroatoms. The summed E-state index contributed by atoms with van der Waals surface area (Å²) in [5.41, 5.74) is 0.0862. The van der Waals surface area contributed by atoms with E-state index in [4.69, 9.17) is 9.15 Å². The molecule has 2 N–H and O–H groups in total.